The number of aromatic nitrogens is 3. The van der Waals surface area contributed by atoms with Gasteiger partial charge in [0.05, 0.1) is 19.8 Å². The van der Waals surface area contributed by atoms with Gasteiger partial charge in [0, 0.05) is 4.90 Å². The summed E-state index contributed by atoms with van der Waals surface area (Å²) in [5, 5.41) is 12.2. The Kier molecular flexibility index (Phi) is 7.45. The summed E-state index contributed by atoms with van der Waals surface area (Å²) in [6.07, 6.45) is 0. The fourth-order valence-electron chi connectivity index (χ4n) is 2.52. The van der Waals surface area contributed by atoms with Gasteiger partial charge in [-0.1, -0.05) is 23.9 Å². The van der Waals surface area contributed by atoms with Gasteiger partial charge in [0.25, 0.3) is 10.0 Å². The van der Waals surface area contributed by atoms with Gasteiger partial charge in [-0.15, -0.1) is 4.40 Å². The van der Waals surface area contributed by atoms with Crippen LogP contribution in [0.4, 0.5) is 5.95 Å². The number of amidine groups is 1. The molecule has 0 bridgehead atoms. The molecule has 0 aliphatic carbocycles. The Morgan fingerprint density at radius 2 is 1.76 bits per heavy atom. The number of carbonyl (C=O) groups excluding carboxylic acids is 1. The number of phenols is 1. The highest BCUT2D eigenvalue weighted by Gasteiger charge is 2.24. The van der Waals surface area contributed by atoms with E-state index in [2.05, 4.69) is 29.4 Å². The summed E-state index contributed by atoms with van der Waals surface area (Å²) in [5.41, 5.74) is -0.157. The van der Waals surface area contributed by atoms with E-state index in [1.54, 1.807) is 19.1 Å². The first kappa shape index (κ1) is 23.9. The van der Waals surface area contributed by atoms with Crippen LogP contribution in [-0.4, -0.2) is 53.8 Å². The Morgan fingerprint density at radius 1 is 1.06 bits per heavy atom. The van der Waals surface area contributed by atoms with Gasteiger partial charge < -0.3 is 19.9 Å². The average Bonchev–Trinajstić information content (AvgIpc) is 2.79. The van der Waals surface area contributed by atoms with Gasteiger partial charge in [0.15, 0.2) is 5.17 Å². The Balaban J connectivity index is 2.07. The molecule has 0 amide bonds. The number of aryl methyl sites for hydroxylation is 1. The van der Waals surface area contributed by atoms with Crippen LogP contribution in [0.3, 0.4) is 0 Å². The van der Waals surface area contributed by atoms with Crippen LogP contribution in [0.25, 0.3) is 0 Å². The number of benzene rings is 2. The van der Waals surface area contributed by atoms with Gasteiger partial charge in [0.2, 0.25) is 5.95 Å². The highest BCUT2D eigenvalue weighted by atomic mass is 32.2. The number of ether oxygens (including phenoxy) is 2. The zero-order chi connectivity index (χ0) is 24.0. The number of hydrogen-bond acceptors (Lipinski definition) is 10. The van der Waals surface area contributed by atoms with Gasteiger partial charge in [-0.2, -0.15) is 23.4 Å². The lowest BCUT2D eigenvalue weighted by Crippen LogP contribution is -2.16. The number of nitrogens with one attached hydrogen (secondary N) is 1. The van der Waals surface area contributed by atoms with E-state index >= 15 is 0 Å². The molecular weight excluding hydrogens is 470 g/mol. The minimum atomic E-state index is -4.37. The van der Waals surface area contributed by atoms with Crippen LogP contribution in [0.15, 0.2) is 62.7 Å². The molecule has 2 N–H and O–H groups in total. The number of aromatic hydroxyl groups is 1. The molecule has 13 heteroatoms. The smallest absolute Gasteiger partial charge is 0.339 e. The fraction of sp³-hybridized carbons (Fsp3) is 0.150. The molecule has 0 radical (unpaired) electrons. The second-order valence-corrected chi connectivity index (χ2v) is 8.91. The number of anilines is 1. The second-order valence-electron chi connectivity index (χ2n) is 6.27. The maximum atomic E-state index is 13.1. The third-order valence-corrected chi connectivity index (χ3v) is 6.30. The van der Waals surface area contributed by atoms with Gasteiger partial charge in [0.1, 0.15) is 16.5 Å². The van der Waals surface area contributed by atoms with Crippen LogP contribution in [0.5, 0.6) is 11.8 Å². The molecule has 0 atom stereocenters. The molecule has 0 aliphatic heterocycles. The molecule has 0 saturated carbocycles. The van der Waals surface area contributed by atoms with Crippen molar-refractivity contribution in [2.45, 2.75) is 16.7 Å². The highest BCUT2D eigenvalue weighted by molar-refractivity contribution is 8.14. The van der Waals surface area contributed by atoms with Crippen molar-refractivity contribution in [2.75, 3.05) is 19.5 Å². The Hall–Kier alpha value is -3.71. The molecule has 1 aromatic heterocycles. The molecular formula is C20H19N5O6S2. The van der Waals surface area contributed by atoms with Crippen LogP contribution in [0, 0.1) is 6.92 Å². The summed E-state index contributed by atoms with van der Waals surface area (Å²) in [6, 6.07) is 11.6. The summed E-state index contributed by atoms with van der Waals surface area (Å²) >= 11 is 0.944. The highest BCUT2D eigenvalue weighted by Crippen LogP contribution is 2.26. The predicted octanol–water partition coefficient (Wildman–Crippen LogP) is 2.63. The number of carbonyl (C=O) groups is 1. The molecule has 33 heavy (non-hydrogen) atoms. The van der Waals surface area contributed by atoms with Crippen LogP contribution in [-0.2, 0) is 14.8 Å². The van der Waals surface area contributed by atoms with Gasteiger partial charge in [-0.25, -0.2) is 4.79 Å². The van der Waals surface area contributed by atoms with E-state index in [1.165, 1.54) is 43.5 Å². The van der Waals surface area contributed by atoms with E-state index < -0.39 is 16.0 Å². The van der Waals surface area contributed by atoms with Crippen molar-refractivity contribution in [3.8, 4) is 11.8 Å². The van der Waals surface area contributed by atoms with Crippen molar-refractivity contribution in [2.24, 2.45) is 4.40 Å². The molecule has 3 aromatic rings. The maximum Gasteiger partial charge on any atom is 0.339 e. The molecule has 172 valence electrons. The van der Waals surface area contributed by atoms with Crippen LogP contribution >= 0.6 is 11.8 Å². The summed E-state index contributed by atoms with van der Waals surface area (Å²) < 4.78 is 39.9. The molecule has 11 nitrogen and oxygen atoms in total. The Bertz CT molecular complexity index is 1300. The number of methoxy groups -OCH3 is 2. The fourth-order valence-corrected chi connectivity index (χ4v) is 4.64. The summed E-state index contributed by atoms with van der Waals surface area (Å²) in [6.45, 7) is 1.61. The third-order valence-electron chi connectivity index (χ3n) is 3.95. The van der Waals surface area contributed by atoms with E-state index in [-0.39, 0.29) is 33.3 Å². The molecule has 1 heterocycles. The number of sulfonamides is 1. The van der Waals surface area contributed by atoms with Crippen LogP contribution in [0.1, 0.15) is 16.2 Å². The molecule has 3 rings (SSSR count). The van der Waals surface area contributed by atoms with Gasteiger partial charge in [-0.3, -0.25) is 0 Å². The summed E-state index contributed by atoms with van der Waals surface area (Å²) in [4.78, 5) is 24.5. The SMILES string of the molecule is COC(=O)c1ccccc1S(=O)(=O)N=C(Nc1nc(C)nc(OC)n1)Sc1ccc(O)cc1. The first-order valence-corrected chi connectivity index (χ1v) is 11.5. The predicted molar refractivity (Wildman–Crippen MR) is 121 cm³/mol. The minimum Gasteiger partial charge on any atom is -0.508 e. The van der Waals surface area contributed by atoms with Crippen molar-refractivity contribution >= 4 is 38.9 Å². The Labute approximate surface area is 194 Å². The van der Waals surface area contributed by atoms with E-state index in [0.29, 0.717) is 10.7 Å². The van der Waals surface area contributed by atoms with E-state index in [0.717, 1.165) is 18.9 Å². The quantitative estimate of drug-likeness (QED) is 0.227. The number of esters is 1. The topological polar surface area (TPSA) is 153 Å². The maximum absolute atomic E-state index is 13.1. The summed E-state index contributed by atoms with van der Waals surface area (Å²) in [7, 11) is -1.83. The van der Waals surface area contributed by atoms with E-state index in [9.17, 15) is 18.3 Å². The van der Waals surface area contributed by atoms with E-state index in [4.69, 9.17) is 4.74 Å². The molecule has 0 fully saturated rings. The zero-order valence-corrected chi connectivity index (χ0v) is 19.3. The van der Waals surface area contributed by atoms with Crippen molar-refractivity contribution in [3.63, 3.8) is 0 Å². The molecule has 0 unspecified atom stereocenters. The molecule has 0 saturated heterocycles. The molecule has 0 aliphatic rings. The van der Waals surface area contributed by atoms with Gasteiger partial charge >= 0.3 is 12.0 Å². The van der Waals surface area contributed by atoms with Crippen molar-refractivity contribution in [1.82, 2.24) is 15.0 Å². The van der Waals surface area contributed by atoms with Crippen LogP contribution in [0.2, 0.25) is 0 Å². The lowest BCUT2D eigenvalue weighted by atomic mass is 10.2. The minimum absolute atomic E-state index is 0.000770. The number of thioether (sulfide) groups is 1. The number of phenolic OH excluding ortho intramolecular Hbond substituents is 1. The molecule has 0 spiro atoms. The lowest BCUT2D eigenvalue weighted by Gasteiger charge is -2.11. The van der Waals surface area contributed by atoms with Crippen molar-refractivity contribution < 1.29 is 27.8 Å². The lowest BCUT2D eigenvalue weighted by molar-refractivity contribution is 0.0596. The van der Waals surface area contributed by atoms with Crippen molar-refractivity contribution in [3.05, 3.63) is 59.9 Å². The largest absolute Gasteiger partial charge is 0.508 e. The van der Waals surface area contributed by atoms with Crippen LogP contribution < -0.4 is 10.1 Å². The third kappa shape index (κ3) is 6.17. The summed E-state index contributed by atoms with van der Waals surface area (Å²) in [5.74, 6) is -0.441. The second kappa shape index (κ2) is 10.3. The zero-order valence-electron chi connectivity index (χ0n) is 17.7. The standard InChI is InChI=1S/C20H19N5O6S2/c1-12-21-18(23-19(22-12)31-3)24-20(32-14-10-8-13(26)9-11-14)25-33(28,29)16-7-5-4-6-15(16)17(27)30-2/h4-11,26H,1-3H3,(H,21,22,23,24,25). The Morgan fingerprint density at radius 3 is 2.42 bits per heavy atom. The first-order chi connectivity index (χ1) is 15.7. The van der Waals surface area contributed by atoms with Crippen molar-refractivity contribution in [1.29, 1.82) is 0 Å². The number of rotatable bonds is 6. The normalized spacial score (nSPS) is 11.7. The molecule has 2 aromatic carbocycles. The van der Waals surface area contributed by atoms with Gasteiger partial charge in [-0.05, 0) is 43.3 Å². The number of hydrogen-bond donors (Lipinski definition) is 2. The first-order valence-electron chi connectivity index (χ1n) is 9.24. The monoisotopic (exact) mass is 489 g/mol. The number of nitrogens with zero attached hydrogens (tertiary/aromatic N) is 4. The average molecular weight is 490 g/mol. The van der Waals surface area contributed by atoms with E-state index in [1.807, 2.05) is 0 Å².